The fourth-order valence-corrected chi connectivity index (χ4v) is 2.74. The summed E-state index contributed by atoms with van der Waals surface area (Å²) < 4.78 is 5.17. The van der Waals surface area contributed by atoms with E-state index < -0.39 is 0 Å². The highest BCUT2D eigenvalue weighted by Gasteiger charge is 2.11. The highest BCUT2D eigenvalue weighted by atomic mass is 32.1. The minimum absolute atomic E-state index is 0.325. The molecule has 2 nitrogen and oxygen atoms in total. The third-order valence-electron chi connectivity index (χ3n) is 3.16. The maximum atomic E-state index is 5.17. The Kier molecular flexibility index (Phi) is 4.39. The van der Waals surface area contributed by atoms with Crippen LogP contribution in [-0.2, 0) is 0 Å². The van der Waals surface area contributed by atoms with Crippen molar-refractivity contribution in [1.82, 2.24) is 5.32 Å². The molecule has 0 radical (unpaired) electrons. The maximum absolute atomic E-state index is 5.17. The first-order valence-electron chi connectivity index (χ1n) is 6.13. The molecule has 2 aromatic rings. The lowest BCUT2D eigenvalue weighted by Gasteiger charge is -2.20. The molecule has 0 aliphatic rings. The molecule has 96 valence electrons. The van der Waals surface area contributed by atoms with Crippen LogP contribution in [0.2, 0.25) is 0 Å². The summed E-state index contributed by atoms with van der Waals surface area (Å²) in [6.07, 6.45) is 0. The molecule has 1 aromatic heterocycles. The lowest BCUT2D eigenvalue weighted by molar-refractivity contribution is 0.414. The van der Waals surface area contributed by atoms with Crippen LogP contribution >= 0.6 is 11.3 Å². The van der Waals surface area contributed by atoms with Crippen molar-refractivity contribution < 1.29 is 4.74 Å². The van der Waals surface area contributed by atoms with Crippen LogP contribution in [0.25, 0.3) is 0 Å². The molecule has 1 aromatic carbocycles. The van der Waals surface area contributed by atoms with Gasteiger partial charge in [0, 0.05) is 12.1 Å². The second kappa shape index (κ2) is 6.03. The molecule has 1 N–H and O–H groups in total. The van der Waals surface area contributed by atoms with E-state index in [0.717, 1.165) is 5.75 Å². The molecule has 0 saturated carbocycles. The van der Waals surface area contributed by atoms with Crippen molar-refractivity contribution in [3.63, 3.8) is 0 Å². The van der Waals surface area contributed by atoms with Gasteiger partial charge in [-0.3, -0.25) is 0 Å². The zero-order valence-electron chi connectivity index (χ0n) is 11.0. The van der Waals surface area contributed by atoms with Crippen LogP contribution in [0.3, 0.4) is 0 Å². The molecule has 0 aliphatic heterocycles. The quantitative estimate of drug-likeness (QED) is 0.872. The Morgan fingerprint density at radius 2 is 1.67 bits per heavy atom. The van der Waals surface area contributed by atoms with Crippen LogP contribution in [0.4, 0.5) is 0 Å². The van der Waals surface area contributed by atoms with Crippen molar-refractivity contribution in [2.24, 2.45) is 0 Å². The van der Waals surface area contributed by atoms with E-state index in [1.807, 2.05) is 12.1 Å². The minimum Gasteiger partial charge on any atom is -0.497 e. The van der Waals surface area contributed by atoms with E-state index in [1.54, 1.807) is 18.4 Å². The van der Waals surface area contributed by atoms with E-state index >= 15 is 0 Å². The fourth-order valence-electron chi connectivity index (χ4n) is 1.98. The maximum Gasteiger partial charge on any atom is 0.118 e. The molecule has 18 heavy (non-hydrogen) atoms. The summed E-state index contributed by atoms with van der Waals surface area (Å²) in [5, 5.41) is 7.91. The van der Waals surface area contributed by atoms with Crippen LogP contribution < -0.4 is 10.1 Å². The predicted octanol–water partition coefficient (Wildman–Crippen LogP) is 4.17. The van der Waals surface area contributed by atoms with Crippen molar-refractivity contribution in [1.29, 1.82) is 0 Å². The van der Waals surface area contributed by atoms with Gasteiger partial charge >= 0.3 is 0 Å². The smallest absolute Gasteiger partial charge is 0.118 e. The molecule has 0 aliphatic carbocycles. The van der Waals surface area contributed by atoms with Gasteiger partial charge in [-0.05, 0) is 53.9 Å². The van der Waals surface area contributed by atoms with E-state index in [-0.39, 0.29) is 0 Å². The molecule has 0 bridgehead atoms. The van der Waals surface area contributed by atoms with Gasteiger partial charge in [0.2, 0.25) is 0 Å². The molecule has 2 rings (SSSR count). The number of methoxy groups -OCH3 is 1. The van der Waals surface area contributed by atoms with Gasteiger partial charge in [-0.15, -0.1) is 0 Å². The molecule has 0 spiro atoms. The summed E-state index contributed by atoms with van der Waals surface area (Å²) >= 11 is 1.74. The summed E-state index contributed by atoms with van der Waals surface area (Å²) in [5.41, 5.74) is 2.62. The molecular weight excluding hydrogens is 242 g/mol. The Balaban J connectivity index is 2.00. The van der Waals surface area contributed by atoms with Gasteiger partial charge in [0.05, 0.1) is 7.11 Å². The van der Waals surface area contributed by atoms with Gasteiger partial charge in [-0.1, -0.05) is 12.1 Å². The molecular formula is C15H19NOS. The monoisotopic (exact) mass is 261 g/mol. The van der Waals surface area contributed by atoms with E-state index in [9.17, 15) is 0 Å². The molecule has 1 heterocycles. The number of nitrogens with one attached hydrogen (secondary N) is 1. The summed E-state index contributed by atoms with van der Waals surface area (Å²) in [4.78, 5) is 0. The molecule has 0 fully saturated rings. The topological polar surface area (TPSA) is 21.3 Å². The minimum atomic E-state index is 0.325. The first-order valence-corrected chi connectivity index (χ1v) is 7.07. The SMILES string of the molecule is COc1ccc([C@@H](C)NC(C)c2ccsc2)cc1. The Labute approximate surface area is 113 Å². The van der Waals surface area contributed by atoms with Crippen molar-refractivity contribution in [3.8, 4) is 5.75 Å². The van der Waals surface area contributed by atoms with Gasteiger partial charge in [0.1, 0.15) is 5.75 Å². The van der Waals surface area contributed by atoms with Crippen LogP contribution in [0, 0.1) is 0 Å². The Bertz CT molecular complexity index is 464. The Hall–Kier alpha value is -1.32. The summed E-state index contributed by atoms with van der Waals surface area (Å²) in [6, 6.07) is 11.1. The number of hydrogen-bond acceptors (Lipinski definition) is 3. The molecule has 3 heteroatoms. The lowest BCUT2D eigenvalue weighted by Crippen LogP contribution is -2.22. The first kappa shape index (κ1) is 13.1. The van der Waals surface area contributed by atoms with Gasteiger partial charge in [0.15, 0.2) is 0 Å². The summed E-state index contributed by atoms with van der Waals surface area (Å²) in [6.45, 7) is 4.38. The zero-order chi connectivity index (χ0) is 13.0. The van der Waals surface area contributed by atoms with Gasteiger partial charge in [-0.25, -0.2) is 0 Å². The van der Waals surface area contributed by atoms with Gasteiger partial charge in [-0.2, -0.15) is 11.3 Å². The first-order chi connectivity index (χ1) is 8.70. The number of rotatable bonds is 5. The normalized spacial score (nSPS) is 14.2. The van der Waals surface area contributed by atoms with Crippen LogP contribution in [0.5, 0.6) is 5.75 Å². The van der Waals surface area contributed by atoms with E-state index in [4.69, 9.17) is 4.74 Å². The highest BCUT2D eigenvalue weighted by Crippen LogP contribution is 2.22. The average Bonchev–Trinajstić information content (AvgIpc) is 2.92. The van der Waals surface area contributed by atoms with Gasteiger partial charge in [0.25, 0.3) is 0 Å². The number of benzene rings is 1. The molecule has 0 saturated heterocycles. The Morgan fingerprint density at radius 1 is 1.00 bits per heavy atom. The summed E-state index contributed by atoms with van der Waals surface area (Å²) in [5.74, 6) is 0.900. The van der Waals surface area contributed by atoms with Crippen LogP contribution in [0.15, 0.2) is 41.1 Å². The predicted molar refractivity (Wildman–Crippen MR) is 77.3 cm³/mol. The van der Waals surface area contributed by atoms with Gasteiger partial charge < -0.3 is 10.1 Å². The third-order valence-corrected chi connectivity index (χ3v) is 3.86. The largest absolute Gasteiger partial charge is 0.497 e. The van der Waals surface area contributed by atoms with Crippen molar-refractivity contribution in [2.75, 3.05) is 7.11 Å². The molecule has 1 unspecified atom stereocenters. The highest BCUT2D eigenvalue weighted by molar-refractivity contribution is 7.07. The fraction of sp³-hybridized carbons (Fsp3) is 0.333. The van der Waals surface area contributed by atoms with E-state index in [0.29, 0.717) is 12.1 Å². The second-order valence-electron chi connectivity index (χ2n) is 4.44. The standard InChI is InChI=1S/C15H19NOS/c1-11(13-4-6-15(17-3)7-5-13)16-12(2)14-8-9-18-10-14/h4-12,16H,1-3H3/t11-,12?/m1/s1. The van der Waals surface area contributed by atoms with Crippen LogP contribution in [-0.4, -0.2) is 7.11 Å². The summed E-state index contributed by atoms with van der Waals surface area (Å²) in [7, 11) is 1.69. The molecule has 2 atom stereocenters. The zero-order valence-corrected chi connectivity index (χ0v) is 11.8. The molecule has 0 amide bonds. The number of thiophene rings is 1. The van der Waals surface area contributed by atoms with Crippen molar-refractivity contribution in [2.45, 2.75) is 25.9 Å². The van der Waals surface area contributed by atoms with Crippen LogP contribution in [0.1, 0.15) is 37.1 Å². The number of hydrogen-bond donors (Lipinski definition) is 1. The average molecular weight is 261 g/mol. The van der Waals surface area contributed by atoms with Crippen molar-refractivity contribution in [3.05, 3.63) is 52.2 Å². The van der Waals surface area contributed by atoms with Crippen molar-refractivity contribution >= 4 is 11.3 Å². The Morgan fingerprint density at radius 3 is 2.22 bits per heavy atom. The van der Waals surface area contributed by atoms with E-state index in [1.165, 1.54) is 11.1 Å². The second-order valence-corrected chi connectivity index (χ2v) is 5.22. The number of ether oxygens (including phenoxy) is 1. The third kappa shape index (κ3) is 3.12. The lowest BCUT2D eigenvalue weighted by atomic mass is 10.1. The van der Waals surface area contributed by atoms with E-state index in [2.05, 4.69) is 48.1 Å².